The molecule has 1 saturated heterocycles. The minimum atomic E-state index is -1.19. The number of phenols is 1. The molecule has 90 valence electrons. The van der Waals surface area contributed by atoms with Crippen molar-refractivity contribution in [2.24, 2.45) is 0 Å². The van der Waals surface area contributed by atoms with Crippen LogP contribution in [0.2, 0.25) is 0 Å². The predicted molar refractivity (Wildman–Crippen MR) is 61.2 cm³/mol. The van der Waals surface area contributed by atoms with Crippen LogP contribution in [0.3, 0.4) is 0 Å². The monoisotopic (exact) mass is 234 g/mol. The van der Waals surface area contributed by atoms with E-state index < -0.39 is 5.41 Å². The normalized spacial score (nSPS) is 18.4. The van der Waals surface area contributed by atoms with Gasteiger partial charge in [-0.05, 0) is 24.1 Å². The second-order valence-electron chi connectivity index (χ2n) is 3.99. The van der Waals surface area contributed by atoms with Gasteiger partial charge in [0.25, 0.3) is 0 Å². The number of carbonyl (C=O) groups excluding carboxylic acids is 2. The van der Waals surface area contributed by atoms with E-state index in [1.807, 2.05) is 0 Å². The van der Waals surface area contributed by atoms with Crippen molar-refractivity contribution in [3.63, 3.8) is 0 Å². The summed E-state index contributed by atoms with van der Waals surface area (Å²) in [6, 6.07) is 6.15. The van der Waals surface area contributed by atoms with E-state index in [9.17, 15) is 14.7 Å². The first-order valence-electron chi connectivity index (χ1n) is 5.47. The topological polar surface area (TPSA) is 78.4 Å². The van der Waals surface area contributed by atoms with E-state index in [1.54, 1.807) is 19.1 Å². The molecule has 0 radical (unpaired) electrons. The summed E-state index contributed by atoms with van der Waals surface area (Å²) in [7, 11) is 0. The number of amides is 2. The fraction of sp³-hybridized carbons (Fsp3) is 0.333. The highest BCUT2D eigenvalue weighted by molar-refractivity contribution is 6.12. The van der Waals surface area contributed by atoms with Gasteiger partial charge in [-0.2, -0.15) is 0 Å². The first-order valence-corrected chi connectivity index (χ1v) is 5.47. The van der Waals surface area contributed by atoms with Crippen molar-refractivity contribution in [2.45, 2.75) is 18.8 Å². The summed E-state index contributed by atoms with van der Waals surface area (Å²) >= 11 is 0. The number of carbonyl (C=O) groups is 2. The number of aromatic hydroxyl groups is 1. The third-order valence-electron chi connectivity index (χ3n) is 3.16. The Kier molecular flexibility index (Phi) is 2.75. The molecule has 0 saturated carbocycles. The van der Waals surface area contributed by atoms with Crippen LogP contribution >= 0.6 is 0 Å². The molecule has 0 aromatic heterocycles. The van der Waals surface area contributed by atoms with Gasteiger partial charge < -0.3 is 15.7 Å². The van der Waals surface area contributed by atoms with Crippen molar-refractivity contribution in [1.29, 1.82) is 0 Å². The number of phenolic OH excluding ortho intramolecular Hbond substituents is 1. The van der Waals surface area contributed by atoms with Gasteiger partial charge in [0.1, 0.15) is 5.75 Å². The molecule has 5 nitrogen and oxygen atoms in total. The maximum absolute atomic E-state index is 12.0. The van der Waals surface area contributed by atoms with Crippen molar-refractivity contribution < 1.29 is 14.7 Å². The third-order valence-corrected chi connectivity index (χ3v) is 3.16. The minimum Gasteiger partial charge on any atom is -0.508 e. The summed E-state index contributed by atoms with van der Waals surface area (Å²) < 4.78 is 0. The molecule has 1 heterocycles. The van der Waals surface area contributed by atoms with Gasteiger partial charge in [-0.1, -0.05) is 19.1 Å². The van der Waals surface area contributed by atoms with Gasteiger partial charge in [0.2, 0.25) is 11.8 Å². The minimum absolute atomic E-state index is 0.108. The van der Waals surface area contributed by atoms with Crippen LogP contribution in [0.25, 0.3) is 0 Å². The Bertz CT molecular complexity index is 437. The lowest BCUT2D eigenvalue weighted by Gasteiger charge is -2.34. The van der Waals surface area contributed by atoms with Gasteiger partial charge >= 0.3 is 0 Å². The van der Waals surface area contributed by atoms with Crippen molar-refractivity contribution in [3.05, 3.63) is 29.8 Å². The van der Waals surface area contributed by atoms with Crippen LogP contribution in [0, 0.1) is 0 Å². The molecule has 17 heavy (non-hydrogen) atoms. The van der Waals surface area contributed by atoms with Crippen LogP contribution in [0.4, 0.5) is 0 Å². The Hall–Kier alpha value is -2.04. The summed E-state index contributed by atoms with van der Waals surface area (Å²) in [5, 5.41) is 14.5. The molecule has 2 amide bonds. The predicted octanol–water partition coefficient (Wildman–Crippen LogP) is 0.243. The smallest absolute Gasteiger partial charge is 0.241 e. The Morgan fingerprint density at radius 2 is 1.71 bits per heavy atom. The Labute approximate surface area is 98.8 Å². The number of hydrogen-bond acceptors (Lipinski definition) is 3. The number of hydrogen-bond donors (Lipinski definition) is 3. The lowest BCUT2D eigenvalue weighted by Crippen LogP contribution is -2.62. The molecule has 0 aliphatic carbocycles. The lowest BCUT2D eigenvalue weighted by molar-refractivity contribution is -0.141. The molecule has 0 bridgehead atoms. The second kappa shape index (κ2) is 4.08. The van der Waals surface area contributed by atoms with E-state index in [1.165, 1.54) is 12.1 Å². The fourth-order valence-electron chi connectivity index (χ4n) is 2.14. The average Bonchev–Trinajstić information content (AvgIpc) is 2.32. The zero-order chi connectivity index (χ0) is 12.5. The molecule has 5 heteroatoms. The standard InChI is InChI=1S/C12H14N2O3/c1-2-12(8-3-5-9(15)6-4-8)10(16)13-7-14-11(12)17/h3-6,15H,2,7H2,1H3,(H,13,16)(H,14,17). The van der Waals surface area contributed by atoms with Gasteiger partial charge in [-0.3, -0.25) is 9.59 Å². The van der Waals surface area contributed by atoms with Crippen LogP contribution in [0.15, 0.2) is 24.3 Å². The van der Waals surface area contributed by atoms with Crippen molar-refractivity contribution in [2.75, 3.05) is 6.67 Å². The van der Waals surface area contributed by atoms with Crippen LogP contribution in [0.1, 0.15) is 18.9 Å². The van der Waals surface area contributed by atoms with Crippen molar-refractivity contribution in [1.82, 2.24) is 10.6 Å². The number of rotatable bonds is 2. The molecule has 1 fully saturated rings. The lowest BCUT2D eigenvalue weighted by atomic mass is 9.75. The Morgan fingerprint density at radius 1 is 1.18 bits per heavy atom. The quantitative estimate of drug-likeness (QED) is 0.641. The van der Waals surface area contributed by atoms with Crippen molar-refractivity contribution >= 4 is 11.8 Å². The Balaban J connectivity index is 2.52. The van der Waals surface area contributed by atoms with Gasteiger partial charge in [0, 0.05) is 0 Å². The number of benzene rings is 1. The maximum Gasteiger partial charge on any atom is 0.241 e. The molecule has 1 aromatic rings. The summed E-state index contributed by atoms with van der Waals surface area (Å²) in [6.07, 6.45) is 0.370. The average molecular weight is 234 g/mol. The van der Waals surface area contributed by atoms with Crippen LogP contribution in [0.5, 0.6) is 5.75 Å². The molecule has 1 aliphatic rings. The Morgan fingerprint density at radius 3 is 2.18 bits per heavy atom. The maximum atomic E-state index is 12.0. The molecule has 0 unspecified atom stereocenters. The van der Waals surface area contributed by atoms with E-state index in [2.05, 4.69) is 10.6 Å². The van der Waals surface area contributed by atoms with E-state index in [0.717, 1.165) is 0 Å². The van der Waals surface area contributed by atoms with E-state index in [4.69, 9.17) is 0 Å². The first kappa shape index (κ1) is 11.4. The molecule has 3 N–H and O–H groups in total. The van der Waals surface area contributed by atoms with E-state index in [0.29, 0.717) is 12.0 Å². The highest BCUT2D eigenvalue weighted by Crippen LogP contribution is 2.31. The zero-order valence-corrected chi connectivity index (χ0v) is 9.49. The summed E-state index contributed by atoms with van der Waals surface area (Å²) in [5.41, 5.74) is -0.598. The third kappa shape index (κ3) is 1.63. The van der Waals surface area contributed by atoms with E-state index in [-0.39, 0.29) is 24.2 Å². The molecular formula is C12H14N2O3. The van der Waals surface area contributed by atoms with E-state index >= 15 is 0 Å². The SMILES string of the molecule is CCC1(c2ccc(O)cc2)C(=O)NCNC1=O. The summed E-state index contributed by atoms with van der Waals surface area (Å²) in [6.45, 7) is 1.95. The van der Waals surface area contributed by atoms with Crippen LogP contribution in [-0.4, -0.2) is 23.6 Å². The molecule has 2 rings (SSSR count). The number of nitrogens with one attached hydrogen (secondary N) is 2. The zero-order valence-electron chi connectivity index (χ0n) is 9.49. The molecule has 0 atom stereocenters. The molecule has 1 aromatic carbocycles. The molecule has 1 aliphatic heterocycles. The van der Waals surface area contributed by atoms with Gasteiger partial charge in [0.05, 0.1) is 6.67 Å². The summed E-state index contributed by atoms with van der Waals surface area (Å²) in [4.78, 5) is 24.0. The van der Waals surface area contributed by atoms with Gasteiger partial charge in [-0.25, -0.2) is 0 Å². The van der Waals surface area contributed by atoms with Crippen LogP contribution < -0.4 is 10.6 Å². The van der Waals surface area contributed by atoms with Crippen molar-refractivity contribution in [3.8, 4) is 5.75 Å². The molecule has 0 spiro atoms. The van der Waals surface area contributed by atoms with Crippen LogP contribution in [-0.2, 0) is 15.0 Å². The largest absolute Gasteiger partial charge is 0.508 e. The summed E-state index contributed by atoms with van der Waals surface area (Å²) in [5.74, 6) is -0.486. The molecular weight excluding hydrogens is 220 g/mol. The van der Waals surface area contributed by atoms with Gasteiger partial charge in [0.15, 0.2) is 5.41 Å². The highest BCUT2D eigenvalue weighted by atomic mass is 16.3. The second-order valence-corrected chi connectivity index (χ2v) is 3.99. The fourth-order valence-corrected chi connectivity index (χ4v) is 2.14. The van der Waals surface area contributed by atoms with Gasteiger partial charge in [-0.15, -0.1) is 0 Å². The first-order chi connectivity index (χ1) is 8.11. The highest BCUT2D eigenvalue weighted by Gasteiger charge is 2.47.